The van der Waals surface area contributed by atoms with E-state index in [0.29, 0.717) is 36.4 Å². The minimum absolute atomic E-state index is 0.0759. The fourth-order valence-corrected chi connectivity index (χ4v) is 4.51. The third kappa shape index (κ3) is 5.86. The third-order valence-electron chi connectivity index (χ3n) is 6.36. The van der Waals surface area contributed by atoms with E-state index in [-0.39, 0.29) is 5.52 Å². The predicted octanol–water partition coefficient (Wildman–Crippen LogP) is 7.27. The van der Waals surface area contributed by atoms with Crippen LogP contribution in [0.2, 0.25) is 0 Å². The van der Waals surface area contributed by atoms with E-state index in [4.69, 9.17) is 9.47 Å². The van der Waals surface area contributed by atoms with Gasteiger partial charge in [0.05, 0.1) is 43.7 Å². The molecule has 5 rings (SSSR count). The molecule has 0 saturated heterocycles. The Labute approximate surface area is 223 Å². The molecular weight excluding hydrogens is 505 g/mol. The molecule has 0 atom stereocenters. The van der Waals surface area contributed by atoms with Gasteiger partial charge in [-0.25, -0.2) is 4.79 Å². The van der Waals surface area contributed by atoms with E-state index in [1.807, 2.05) is 54.6 Å². The maximum atomic E-state index is 13.8. The van der Waals surface area contributed by atoms with Crippen LogP contribution in [-0.4, -0.2) is 22.9 Å². The van der Waals surface area contributed by atoms with E-state index in [9.17, 15) is 18.0 Å². The molecule has 0 aliphatic carbocycles. The maximum Gasteiger partial charge on any atom is 0.418 e. The fraction of sp³-hybridized carbons (Fsp3) is 0.161. The van der Waals surface area contributed by atoms with Gasteiger partial charge in [-0.15, -0.1) is 0 Å². The number of hydrogen-bond donors (Lipinski definition) is 0. The Morgan fingerprint density at radius 2 is 1.51 bits per heavy atom. The number of aromatic nitrogens is 2. The molecule has 39 heavy (non-hydrogen) atoms. The molecule has 8 heteroatoms. The number of methoxy groups -OCH3 is 1. The smallest absolute Gasteiger partial charge is 0.418 e. The summed E-state index contributed by atoms with van der Waals surface area (Å²) in [7, 11) is 1.33. The lowest BCUT2D eigenvalue weighted by molar-refractivity contribution is -0.136. The molecule has 0 saturated carbocycles. The van der Waals surface area contributed by atoms with Crippen molar-refractivity contribution in [2.24, 2.45) is 0 Å². The van der Waals surface area contributed by atoms with E-state index in [1.165, 1.54) is 13.2 Å². The number of carbonyl (C=O) groups excluding carboxylic acids is 1. The van der Waals surface area contributed by atoms with Gasteiger partial charge in [-0.3, -0.25) is 4.68 Å². The van der Waals surface area contributed by atoms with Gasteiger partial charge in [0.1, 0.15) is 5.52 Å². The topological polar surface area (TPSA) is 53.4 Å². The molecule has 5 aromatic rings. The van der Waals surface area contributed by atoms with E-state index in [0.717, 1.165) is 28.3 Å². The van der Waals surface area contributed by atoms with Crippen LogP contribution in [0.3, 0.4) is 0 Å². The van der Waals surface area contributed by atoms with Crippen LogP contribution in [0.4, 0.5) is 13.2 Å². The zero-order valence-corrected chi connectivity index (χ0v) is 21.1. The summed E-state index contributed by atoms with van der Waals surface area (Å²) in [5, 5.41) is 4.88. The number of carbonyl (C=O) groups is 1. The van der Waals surface area contributed by atoms with Crippen molar-refractivity contribution in [1.29, 1.82) is 0 Å². The van der Waals surface area contributed by atoms with E-state index in [2.05, 4.69) is 5.10 Å². The second-order valence-electron chi connectivity index (χ2n) is 9.07. The molecule has 0 aliphatic rings. The van der Waals surface area contributed by atoms with Crippen LogP contribution in [0.1, 0.15) is 32.6 Å². The van der Waals surface area contributed by atoms with Gasteiger partial charge in [0.2, 0.25) is 0 Å². The molecule has 0 spiro atoms. The van der Waals surface area contributed by atoms with Gasteiger partial charge in [0.25, 0.3) is 0 Å². The molecule has 5 nitrogen and oxygen atoms in total. The van der Waals surface area contributed by atoms with Crippen LogP contribution in [0.15, 0.2) is 97.1 Å². The average Bonchev–Trinajstić information content (AvgIpc) is 3.31. The number of alkyl halides is 3. The first-order chi connectivity index (χ1) is 18.8. The molecule has 0 bridgehead atoms. The van der Waals surface area contributed by atoms with E-state index < -0.39 is 17.7 Å². The van der Waals surface area contributed by atoms with Gasteiger partial charge in [-0.2, -0.15) is 18.3 Å². The normalized spacial score (nSPS) is 11.6. The number of fused-ring (bicyclic) bond motifs is 1. The van der Waals surface area contributed by atoms with Gasteiger partial charge in [-0.05, 0) is 41.0 Å². The van der Waals surface area contributed by atoms with Crippen molar-refractivity contribution >= 4 is 16.9 Å². The molecule has 1 aromatic heterocycles. The number of ether oxygens (including phenoxy) is 2. The summed E-state index contributed by atoms with van der Waals surface area (Å²) in [6.07, 6.45) is -4.52. The lowest BCUT2D eigenvalue weighted by Gasteiger charge is -2.11. The standard InChI is InChI=1S/C31H25F3N2O3/c1-38-30(37)24-15-13-22(14-16-24)19-39-20-23-9-5-10-25(17-23)29-26-11-6-12-27(31(32,33)34)28(26)35-36(29)18-21-7-3-2-4-8-21/h2-17H,18-20H2,1H3. The highest BCUT2D eigenvalue weighted by Gasteiger charge is 2.34. The number of esters is 1. The first-order valence-electron chi connectivity index (χ1n) is 12.3. The fourth-order valence-electron chi connectivity index (χ4n) is 4.51. The van der Waals surface area contributed by atoms with Crippen molar-refractivity contribution in [3.63, 3.8) is 0 Å². The summed E-state index contributed by atoms with van der Waals surface area (Å²) in [6.45, 7) is 0.949. The van der Waals surface area contributed by atoms with Crippen LogP contribution in [-0.2, 0) is 35.4 Å². The van der Waals surface area contributed by atoms with E-state index in [1.54, 1.807) is 35.0 Å². The molecule has 0 fully saturated rings. The summed E-state index contributed by atoms with van der Waals surface area (Å²) >= 11 is 0. The maximum absolute atomic E-state index is 13.8. The van der Waals surface area contributed by atoms with Crippen molar-refractivity contribution in [3.8, 4) is 11.3 Å². The van der Waals surface area contributed by atoms with Crippen LogP contribution < -0.4 is 0 Å². The zero-order valence-electron chi connectivity index (χ0n) is 21.1. The predicted molar refractivity (Wildman–Crippen MR) is 142 cm³/mol. The highest BCUT2D eigenvalue weighted by Crippen LogP contribution is 2.38. The molecule has 0 amide bonds. The molecule has 198 valence electrons. The SMILES string of the molecule is COC(=O)c1ccc(COCc2cccc(-c3c4cccc(C(F)(F)F)c4nn3Cc3ccccc3)c2)cc1. The van der Waals surface area contributed by atoms with Crippen molar-refractivity contribution < 1.29 is 27.4 Å². The van der Waals surface area contributed by atoms with Crippen LogP contribution in [0, 0.1) is 0 Å². The van der Waals surface area contributed by atoms with Crippen LogP contribution in [0.25, 0.3) is 22.2 Å². The molecule has 0 aliphatic heterocycles. The number of nitrogens with zero attached hydrogens (tertiary/aromatic N) is 2. The van der Waals surface area contributed by atoms with Crippen molar-refractivity contribution in [2.45, 2.75) is 25.9 Å². The van der Waals surface area contributed by atoms with Gasteiger partial charge >= 0.3 is 12.1 Å². The number of hydrogen-bond acceptors (Lipinski definition) is 4. The summed E-state index contributed by atoms with van der Waals surface area (Å²) in [5.74, 6) is -0.402. The minimum Gasteiger partial charge on any atom is -0.465 e. The summed E-state index contributed by atoms with van der Waals surface area (Å²) in [5.41, 5.74) is 3.67. The number of rotatable bonds is 8. The zero-order chi connectivity index (χ0) is 27.4. The second-order valence-corrected chi connectivity index (χ2v) is 9.07. The number of benzene rings is 4. The Hall–Kier alpha value is -4.43. The van der Waals surface area contributed by atoms with Gasteiger partial charge in [0, 0.05) is 10.9 Å². The van der Waals surface area contributed by atoms with Crippen LogP contribution in [0.5, 0.6) is 0 Å². The highest BCUT2D eigenvalue weighted by atomic mass is 19.4. The third-order valence-corrected chi connectivity index (χ3v) is 6.36. The molecule has 0 N–H and O–H groups in total. The lowest BCUT2D eigenvalue weighted by Crippen LogP contribution is -2.06. The van der Waals surface area contributed by atoms with Crippen molar-refractivity contribution in [2.75, 3.05) is 7.11 Å². The highest BCUT2D eigenvalue weighted by molar-refractivity contribution is 5.95. The molecule has 0 radical (unpaired) electrons. The second kappa shape index (κ2) is 11.1. The average molecular weight is 531 g/mol. The molecule has 4 aromatic carbocycles. The van der Waals surface area contributed by atoms with Crippen molar-refractivity contribution in [1.82, 2.24) is 9.78 Å². The van der Waals surface area contributed by atoms with Gasteiger partial charge in [0.15, 0.2) is 0 Å². The molecular formula is C31H25F3N2O3. The Balaban J connectivity index is 1.44. The molecule has 0 unspecified atom stereocenters. The van der Waals surface area contributed by atoms with E-state index >= 15 is 0 Å². The summed E-state index contributed by atoms with van der Waals surface area (Å²) < 4.78 is 53.7. The van der Waals surface area contributed by atoms with Crippen molar-refractivity contribution in [3.05, 3.63) is 125 Å². The Morgan fingerprint density at radius 3 is 2.23 bits per heavy atom. The Bertz CT molecular complexity index is 1590. The monoisotopic (exact) mass is 530 g/mol. The van der Waals surface area contributed by atoms with Gasteiger partial charge < -0.3 is 9.47 Å². The minimum atomic E-state index is -4.52. The first-order valence-corrected chi connectivity index (χ1v) is 12.3. The molecule has 1 heterocycles. The largest absolute Gasteiger partial charge is 0.465 e. The van der Waals surface area contributed by atoms with Crippen LogP contribution >= 0.6 is 0 Å². The lowest BCUT2D eigenvalue weighted by atomic mass is 10.0. The Kier molecular flexibility index (Phi) is 7.47. The summed E-state index contributed by atoms with van der Waals surface area (Å²) in [6, 6.07) is 28.2. The summed E-state index contributed by atoms with van der Waals surface area (Å²) in [4.78, 5) is 11.6. The van der Waals surface area contributed by atoms with Gasteiger partial charge in [-0.1, -0.05) is 72.8 Å². The number of halogens is 3. The Morgan fingerprint density at radius 1 is 0.821 bits per heavy atom. The quantitative estimate of drug-likeness (QED) is 0.198. The first kappa shape index (κ1) is 26.2.